The molecule has 43 heavy (non-hydrogen) atoms. The quantitative estimate of drug-likeness (QED) is 0.138. The van der Waals surface area contributed by atoms with Crippen LogP contribution in [0.1, 0.15) is 59.3 Å². The summed E-state index contributed by atoms with van der Waals surface area (Å²) in [5.74, 6) is 1.78. The number of nitrogens with one attached hydrogen (secondary N) is 1. The fourth-order valence-electron chi connectivity index (χ4n) is 3.97. The number of aromatic nitrogens is 3. The summed E-state index contributed by atoms with van der Waals surface area (Å²) in [5, 5.41) is 22.3. The number of phenols is 2. The zero-order valence-electron chi connectivity index (χ0n) is 24.9. The second-order valence-electron chi connectivity index (χ2n) is 9.39. The molecule has 0 aliphatic heterocycles. The predicted molar refractivity (Wildman–Crippen MR) is 175 cm³/mol. The van der Waals surface area contributed by atoms with Crippen molar-refractivity contribution in [1.29, 1.82) is 0 Å². The lowest BCUT2D eigenvalue weighted by Crippen LogP contribution is -2.34. The Labute approximate surface area is 269 Å². The Hall–Kier alpha value is -3.46. The van der Waals surface area contributed by atoms with Crippen LogP contribution in [0.4, 0.5) is 11.6 Å². The van der Waals surface area contributed by atoms with Crippen molar-refractivity contribution in [2.24, 2.45) is 0 Å². The Morgan fingerprint density at radius 3 is 1.74 bits per heavy atom. The molecule has 0 unspecified atom stereocenters. The third-order valence-corrected chi connectivity index (χ3v) is 7.17. The van der Waals surface area contributed by atoms with Crippen molar-refractivity contribution in [3.8, 4) is 23.0 Å². The van der Waals surface area contributed by atoms with Gasteiger partial charge in [-0.1, -0.05) is 81.6 Å². The molecule has 0 saturated carbocycles. The Balaban J connectivity index is 0.000000237. The molecule has 3 aromatic carbocycles. The molecule has 11 heteroatoms. The smallest absolute Gasteiger partial charge is 0.232 e. The van der Waals surface area contributed by atoms with E-state index < -0.39 is 0 Å². The minimum atomic E-state index is -0.131. The summed E-state index contributed by atoms with van der Waals surface area (Å²) < 4.78 is 10.9. The van der Waals surface area contributed by atoms with Crippen molar-refractivity contribution in [1.82, 2.24) is 15.0 Å². The van der Waals surface area contributed by atoms with E-state index >= 15 is 0 Å². The highest BCUT2D eigenvalue weighted by molar-refractivity contribution is 6.33. The van der Waals surface area contributed by atoms with Crippen LogP contribution in [0, 0.1) is 0 Å². The summed E-state index contributed by atoms with van der Waals surface area (Å²) in [4.78, 5) is 11.4. The van der Waals surface area contributed by atoms with Crippen LogP contribution in [0.25, 0.3) is 0 Å². The fourth-order valence-corrected chi connectivity index (χ4v) is 4.51. The van der Waals surface area contributed by atoms with Gasteiger partial charge in [-0.25, -0.2) is 0 Å². The van der Waals surface area contributed by atoms with Crippen LogP contribution in [-0.2, 0) is 0 Å². The molecule has 0 fully saturated rings. The van der Waals surface area contributed by atoms with Crippen LogP contribution in [0.3, 0.4) is 0 Å². The Bertz CT molecular complexity index is 1370. The van der Waals surface area contributed by atoms with Crippen LogP contribution in [-0.4, -0.2) is 37.9 Å². The van der Waals surface area contributed by atoms with Crippen molar-refractivity contribution >= 4 is 46.4 Å². The van der Waals surface area contributed by atoms with Crippen LogP contribution in [0.15, 0.2) is 72.8 Å². The van der Waals surface area contributed by atoms with Gasteiger partial charge in [0.1, 0.15) is 5.60 Å². The molecule has 3 N–H and O–H groups in total. The first kappa shape index (κ1) is 35.7. The molecule has 1 aromatic heterocycles. The highest BCUT2D eigenvalue weighted by atomic mass is 35.5. The second kappa shape index (κ2) is 18.9. The van der Waals surface area contributed by atoms with Crippen molar-refractivity contribution in [2.45, 2.75) is 64.9 Å². The zero-order chi connectivity index (χ0) is 31.7. The van der Waals surface area contributed by atoms with Gasteiger partial charge in [0.2, 0.25) is 16.5 Å². The topological polar surface area (TPSA) is 110 Å². The first-order valence-electron chi connectivity index (χ1n) is 14.0. The van der Waals surface area contributed by atoms with E-state index in [9.17, 15) is 5.11 Å². The Morgan fingerprint density at radius 1 is 0.721 bits per heavy atom. The Morgan fingerprint density at radius 2 is 1.26 bits per heavy atom. The van der Waals surface area contributed by atoms with Gasteiger partial charge in [-0.2, -0.15) is 15.0 Å². The van der Waals surface area contributed by atoms with Gasteiger partial charge in [0.25, 0.3) is 0 Å². The molecular formula is C32H39Cl3N4O4. The minimum absolute atomic E-state index is 0.0227. The maximum Gasteiger partial charge on any atom is 0.232 e. The molecule has 0 saturated heterocycles. The number of unbranched alkanes of at least 4 members (excludes halogenated alkanes) is 2. The summed E-state index contributed by atoms with van der Waals surface area (Å²) in [7, 11) is 1.52. The number of para-hydroxylation sites is 5. The Kier molecular flexibility index (Phi) is 15.7. The molecule has 4 aromatic rings. The highest BCUT2D eigenvalue weighted by Crippen LogP contribution is 2.34. The van der Waals surface area contributed by atoms with Gasteiger partial charge in [-0.3, -0.25) is 0 Å². The molecule has 0 amide bonds. The summed E-state index contributed by atoms with van der Waals surface area (Å²) in [5.41, 5.74) is 0.538. The van der Waals surface area contributed by atoms with E-state index in [0.717, 1.165) is 19.3 Å². The van der Waals surface area contributed by atoms with Gasteiger partial charge in [0.05, 0.1) is 17.8 Å². The lowest BCUT2D eigenvalue weighted by molar-refractivity contribution is 0.0456. The number of rotatable bonds is 11. The lowest BCUT2D eigenvalue weighted by atomic mass is 9.90. The highest BCUT2D eigenvalue weighted by Gasteiger charge is 2.28. The number of phenolic OH excluding ortho intramolecular Hbond substituents is 2. The average molecular weight is 650 g/mol. The number of anilines is 2. The third kappa shape index (κ3) is 12.4. The van der Waals surface area contributed by atoms with Crippen molar-refractivity contribution < 1.29 is 19.7 Å². The summed E-state index contributed by atoms with van der Waals surface area (Å²) in [6, 6.07) is 21.3. The van der Waals surface area contributed by atoms with Crippen molar-refractivity contribution in [3.05, 3.63) is 88.4 Å². The fraction of sp³-hybridized carbons (Fsp3) is 0.344. The molecule has 0 atom stereocenters. The zero-order valence-corrected chi connectivity index (χ0v) is 27.1. The number of hydrogen-bond donors (Lipinski definition) is 3. The maximum absolute atomic E-state index is 9.81. The lowest BCUT2D eigenvalue weighted by Gasteiger charge is -2.33. The van der Waals surface area contributed by atoms with Gasteiger partial charge >= 0.3 is 0 Å². The molecule has 4 rings (SSSR count). The van der Waals surface area contributed by atoms with Gasteiger partial charge in [-0.05, 0) is 85.3 Å². The number of hydrogen-bond acceptors (Lipinski definition) is 8. The number of nitrogens with zero attached hydrogens (tertiary/aromatic N) is 3. The van der Waals surface area contributed by atoms with Crippen molar-refractivity contribution in [2.75, 3.05) is 12.4 Å². The van der Waals surface area contributed by atoms with Crippen LogP contribution < -0.4 is 14.8 Å². The number of halogens is 3. The van der Waals surface area contributed by atoms with E-state index in [0.29, 0.717) is 22.2 Å². The van der Waals surface area contributed by atoms with Crippen LogP contribution in [0.5, 0.6) is 23.0 Å². The SMILES string of the molecule is CCCCCC(CC)(CC)Oc1ccccc1O.COc1ccccc1O.Clc1nc(Cl)nc(Nc2ccccc2Cl)n1. The van der Waals surface area contributed by atoms with Gasteiger partial charge in [-0.15, -0.1) is 0 Å². The van der Waals surface area contributed by atoms with Crippen LogP contribution >= 0.6 is 34.8 Å². The summed E-state index contributed by atoms with van der Waals surface area (Å²) in [6.07, 6.45) is 6.66. The minimum Gasteiger partial charge on any atom is -0.504 e. The standard InChI is InChI=1S/C16H26O2.C9H5Cl3N4.C7H8O2/c1-4-7-10-13-16(5-2,6-3)18-15-12-9-8-11-14(15)17;10-5-3-1-2-4-6(5)13-9-15-7(11)14-8(12)16-9;1-9-7-5-3-2-4-6(7)8/h8-9,11-12,17H,4-7,10,13H2,1-3H3;1-4H,(H,13,14,15,16);2-5,8H,1H3. The molecule has 0 spiro atoms. The number of benzene rings is 3. The van der Waals surface area contributed by atoms with Gasteiger partial charge < -0.3 is 25.0 Å². The van der Waals surface area contributed by atoms with E-state index in [2.05, 4.69) is 41.0 Å². The van der Waals surface area contributed by atoms with E-state index in [1.165, 1.54) is 26.4 Å². The van der Waals surface area contributed by atoms with E-state index in [1.54, 1.807) is 42.5 Å². The predicted octanol–water partition coefficient (Wildman–Crippen LogP) is 9.89. The molecule has 8 nitrogen and oxygen atoms in total. The molecule has 0 radical (unpaired) electrons. The molecule has 0 aliphatic rings. The largest absolute Gasteiger partial charge is 0.504 e. The molecule has 1 heterocycles. The normalized spacial score (nSPS) is 10.5. The molecule has 0 aliphatic carbocycles. The number of aromatic hydroxyl groups is 2. The summed E-state index contributed by atoms with van der Waals surface area (Å²) >= 11 is 17.2. The van der Waals surface area contributed by atoms with E-state index in [4.69, 9.17) is 49.4 Å². The van der Waals surface area contributed by atoms with Crippen molar-refractivity contribution in [3.63, 3.8) is 0 Å². The van der Waals surface area contributed by atoms with E-state index in [-0.39, 0.29) is 33.6 Å². The monoisotopic (exact) mass is 648 g/mol. The first-order valence-corrected chi connectivity index (χ1v) is 15.2. The van der Waals surface area contributed by atoms with E-state index in [1.807, 2.05) is 30.3 Å². The van der Waals surface area contributed by atoms with Crippen LogP contribution in [0.2, 0.25) is 15.6 Å². The van der Waals surface area contributed by atoms with Gasteiger partial charge in [0.15, 0.2) is 23.0 Å². The third-order valence-electron chi connectivity index (χ3n) is 6.50. The average Bonchev–Trinajstić information content (AvgIpc) is 2.99. The van der Waals surface area contributed by atoms with Gasteiger partial charge in [0, 0.05) is 0 Å². The summed E-state index contributed by atoms with van der Waals surface area (Å²) in [6.45, 7) is 6.54. The second-order valence-corrected chi connectivity index (χ2v) is 10.5. The molecule has 232 valence electrons. The maximum atomic E-state index is 9.81. The number of ether oxygens (including phenoxy) is 2. The molecule has 0 bridgehead atoms. The molecular weight excluding hydrogens is 611 g/mol. The first-order chi connectivity index (χ1) is 20.7. The number of methoxy groups -OCH3 is 1.